The average Bonchev–Trinajstić information content (AvgIpc) is 2.50. The molecule has 1 fully saturated rings. The molecule has 0 aliphatic carbocycles. The number of unbranched alkanes of at least 4 members (excludes halogenated alkanes) is 1. The van der Waals surface area contributed by atoms with Crippen molar-refractivity contribution in [2.75, 3.05) is 13.2 Å². The third kappa shape index (κ3) is 2.25. The van der Waals surface area contributed by atoms with Crippen LogP contribution in [0.25, 0.3) is 0 Å². The van der Waals surface area contributed by atoms with Gasteiger partial charge in [0.25, 0.3) is 0 Å². The fourth-order valence-electron chi connectivity index (χ4n) is 1.27. The van der Waals surface area contributed by atoms with Crippen LogP contribution in [0.3, 0.4) is 0 Å². The summed E-state index contributed by atoms with van der Waals surface area (Å²) in [6.07, 6.45) is 2.89. The highest BCUT2D eigenvalue weighted by atomic mass is 35.5. The highest BCUT2D eigenvalue weighted by molar-refractivity contribution is 6.45. The molecule has 1 aliphatic rings. The molecule has 0 saturated carbocycles. The van der Waals surface area contributed by atoms with Crippen LogP contribution in [0.4, 0.5) is 0 Å². The van der Waals surface area contributed by atoms with Crippen molar-refractivity contribution in [1.29, 1.82) is 0 Å². The highest BCUT2D eigenvalue weighted by Gasteiger charge is 2.42. The van der Waals surface area contributed by atoms with Gasteiger partial charge in [-0.15, -0.1) is 0 Å². The van der Waals surface area contributed by atoms with Crippen LogP contribution in [0.2, 0.25) is 0 Å². The van der Waals surface area contributed by atoms with Crippen LogP contribution in [0, 0.1) is 0 Å². The number of alkyl halides is 2. The fraction of sp³-hybridized carbons (Fsp3) is 1.00. The molecule has 1 aliphatic heterocycles. The second-order valence-corrected chi connectivity index (χ2v) is 4.01. The number of hydrogen-bond donors (Lipinski definition) is 0. The molecule has 1 saturated heterocycles. The Morgan fingerprint density at radius 1 is 1.33 bits per heavy atom. The molecular weight excluding hydrogens is 199 g/mol. The molecule has 12 heavy (non-hydrogen) atoms. The highest BCUT2D eigenvalue weighted by Crippen LogP contribution is 2.34. The molecule has 1 heterocycles. The predicted octanol–water partition coefficient (Wildman–Crippen LogP) is 2.72. The summed E-state index contributed by atoms with van der Waals surface area (Å²) in [7, 11) is 0. The minimum atomic E-state index is -0.723. The summed E-state index contributed by atoms with van der Waals surface area (Å²) in [6, 6.07) is 0. The van der Waals surface area contributed by atoms with Crippen LogP contribution in [0.15, 0.2) is 0 Å². The van der Waals surface area contributed by atoms with E-state index in [0.29, 0.717) is 13.2 Å². The standard InChI is InChI=1S/C8H14Cl2O2/c1-2-3-4-8(7(9)10)11-5-6-12-8/h7H,2-6H2,1H3. The Morgan fingerprint density at radius 3 is 2.33 bits per heavy atom. The third-order valence-electron chi connectivity index (χ3n) is 1.99. The molecule has 0 atom stereocenters. The van der Waals surface area contributed by atoms with Gasteiger partial charge in [0, 0.05) is 6.42 Å². The van der Waals surface area contributed by atoms with Crippen molar-refractivity contribution in [3.63, 3.8) is 0 Å². The summed E-state index contributed by atoms with van der Waals surface area (Å²) in [5.74, 6) is -0.723. The Balaban J connectivity index is 2.47. The lowest BCUT2D eigenvalue weighted by Gasteiger charge is -2.28. The molecule has 0 spiro atoms. The van der Waals surface area contributed by atoms with Crippen molar-refractivity contribution in [1.82, 2.24) is 0 Å². The van der Waals surface area contributed by atoms with Gasteiger partial charge in [-0.25, -0.2) is 0 Å². The second kappa shape index (κ2) is 4.66. The summed E-state index contributed by atoms with van der Waals surface area (Å²) in [4.78, 5) is -0.591. The maximum absolute atomic E-state index is 5.79. The SMILES string of the molecule is CCCCC1(C(Cl)Cl)OCCO1. The maximum atomic E-state index is 5.79. The van der Waals surface area contributed by atoms with Gasteiger partial charge in [-0.05, 0) is 6.42 Å². The van der Waals surface area contributed by atoms with E-state index in [1.807, 2.05) is 0 Å². The first-order valence-electron chi connectivity index (χ1n) is 4.27. The lowest BCUT2D eigenvalue weighted by molar-refractivity contribution is -0.151. The van der Waals surface area contributed by atoms with Crippen molar-refractivity contribution >= 4 is 23.2 Å². The molecule has 0 aromatic carbocycles. The molecule has 0 aromatic heterocycles. The van der Waals surface area contributed by atoms with E-state index in [-0.39, 0.29) is 0 Å². The third-order valence-corrected chi connectivity index (χ3v) is 2.65. The summed E-state index contributed by atoms with van der Waals surface area (Å²) in [6.45, 7) is 3.30. The van der Waals surface area contributed by atoms with E-state index in [1.54, 1.807) is 0 Å². The predicted molar refractivity (Wildman–Crippen MR) is 49.7 cm³/mol. The molecule has 0 amide bonds. The monoisotopic (exact) mass is 212 g/mol. The Bertz CT molecular complexity index is 133. The first-order valence-corrected chi connectivity index (χ1v) is 5.14. The van der Waals surface area contributed by atoms with Crippen LogP contribution in [0.5, 0.6) is 0 Å². The molecule has 0 radical (unpaired) electrons. The van der Waals surface area contributed by atoms with Gasteiger partial charge in [-0.3, -0.25) is 0 Å². The molecule has 72 valence electrons. The Labute approximate surface area is 83.1 Å². The largest absolute Gasteiger partial charge is 0.345 e. The Kier molecular flexibility index (Phi) is 4.11. The van der Waals surface area contributed by atoms with Crippen molar-refractivity contribution in [2.24, 2.45) is 0 Å². The molecule has 0 bridgehead atoms. The van der Waals surface area contributed by atoms with Crippen LogP contribution in [0.1, 0.15) is 26.2 Å². The van der Waals surface area contributed by atoms with Crippen molar-refractivity contribution in [3.05, 3.63) is 0 Å². The van der Waals surface area contributed by atoms with Crippen molar-refractivity contribution < 1.29 is 9.47 Å². The van der Waals surface area contributed by atoms with E-state index in [2.05, 4.69) is 6.92 Å². The van der Waals surface area contributed by atoms with E-state index in [1.165, 1.54) is 0 Å². The first-order chi connectivity index (χ1) is 5.71. The number of halogens is 2. The van der Waals surface area contributed by atoms with Crippen LogP contribution >= 0.6 is 23.2 Å². The molecule has 4 heteroatoms. The lowest BCUT2D eigenvalue weighted by atomic mass is 10.1. The topological polar surface area (TPSA) is 18.5 Å². The van der Waals surface area contributed by atoms with Gasteiger partial charge in [0.1, 0.15) is 0 Å². The lowest BCUT2D eigenvalue weighted by Crippen LogP contribution is -2.37. The Morgan fingerprint density at radius 2 is 1.92 bits per heavy atom. The summed E-state index contributed by atoms with van der Waals surface area (Å²) in [5, 5.41) is 0. The molecule has 0 aromatic rings. The number of hydrogen-bond acceptors (Lipinski definition) is 2. The molecule has 0 N–H and O–H groups in total. The first kappa shape index (κ1) is 10.6. The van der Waals surface area contributed by atoms with Gasteiger partial charge in [0.05, 0.1) is 13.2 Å². The zero-order valence-corrected chi connectivity index (χ0v) is 8.70. The fourth-order valence-corrected chi connectivity index (χ4v) is 1.74. The van der Waals surface area contributed by atoms with Crippen LogP contribution < -0.4 is 0 Å². The molecule has 0 unspecified atom stereocenters. The average molecular weight is 213 g/mol. The summed E-state index contributed by atoms with van der Waals surface area (Å²) in [5.41, 5.74) is 0. The Hall–Kier alpha value is 0.500. The van der Waals surface area contributed by atoms with E-state index in [9.17, 15) is 0 Å². The van der Waals surface area contributed by atoms with Gasteiger partial charge in [-0.1, -0.05) is 36.5 Å². The van der Waals surface area contributed by atoms with Gasteiger partial charge in [0.2, 0.25) is 0 Å². The summed E-state index contributed by atoms with van der Waals surface area (Å²) < 4.78 is 10.8. The smallest absolute Gasteiger partial charge is 0.198 e. The molecule has 2 nitrogen and oxygen atoms in total. The van der Waals surface area contributed by atoms with E-state index >= 15 is 0 Å². The quantitative estimate of drug-likeness (QED) is 0.668. The molecule has 1 rings (SSSR count). The van der Waals surface area contributed by atoms with E-state index in [4.69, 9.17) is 32.7 Å². The number of ether oxygens (including phenoxy) is 2. The maximum Gasteiger partial charge on any atom is 0.198 e. The van der Waals surface area contributed by atoms with Gasteiger partial charge < -0.3 is 9.47 Å². The van der Waals surface area contributed by atoms with Gasteiger partial charge in [-0.2, -0.15) is 0 Å². The second-order valence-electron chi connectivity index (χ2n) is 2.91. The summed E-state index contributed by atoms with van der Waals surface area (Å²) >= 11 is 11.6. The van der Waals surface area contributed by atoms with Gasteiger partial charge in [0.15, 0.2) is 10.6 Å². The van der Waals surface area contributed by atoms with Crippen LogP contribution in [-0.4, -0.2) is 23.8 Å². The van der Waals surface area contributed by atoms with E-state index < -0.39 is 10.6 Å². The normalized spacial score (nSPS) is 22.0. The van der Waals surface area contributed by atoms with Gasteiger partial charge >= 0.3 is 0 Å². The van der Waals surface area contributed by atoms with Crippen molar-refractivity contribution in [2.45, 2.75) is 36.8 Å². The number of rotatable bonds is 4. The molecular formula is C8H14Cl2O2. The van der Waals surface area contributed by atoms with E-state index in [0.717, 1.165) is 19.3 Å². The minimum Gasteiger partial charge on any atom is -0.345 e. The zero-order valence-electron chi connectivity index (χ0n) is 7.19. The van der Waals surface area contributed by atoms with Crippen molar-refractivity contribution in [3.8, 4) is 0 Å². The minimum absolute atomic E-state index is 0.591. The van der Waals surface area contributed by atoms with Crippen LogP contribution in [-0.2, 0) is 9.47 Å². The zero-order chi connectivity index (χ0) is 9.03.